The van der Waals surface area contributed by atoms with Crippen LogP contribution in [0.5, 0.6) is 5.75 Å². The number of aryl methyl sites for hydroxylation is 3. The number of benzene rings is 3. The smallest absolute Gasteiger partial charge is 0.115 e. The van der Waals surface area contributed by atoms with E-state index in [0.717, 1.165) is 19.3 Å². The van der Waals surface area contributed by atoms with E-state index in [1.54, 1.807) is 12.1 Å². The van der Waals surface area contributed by atoms with Crippen LogP contribution in [0.4, 0.5) is 0 Å². The maximum atomic E-state index is 8.85. The van der Waals surface area contributed by atoms with E-state index in [1.165, 1.54) is 27.6 Å². The Morgan fingerprint density at radius 3 is 1.79 bits per heavy atom. The lowest BCUT2D eigenvalue weighted by atomic mass is 10.1. The first-order valence-electron chi connectivity index (χ1n) is 10.0. The molecule has 1 aromatic heterocycles. The molecule has 1 heterocycles. The van der Waals surface area contributed by atoms with Crippen LogP contribution in [-0.2, 0) is 19.3 Å². The highest BCUT2D eigenvalue weighted by Gasteiger charge is 1.98. The largest absolute Gasteiger partial charge is 0.508 e. The van der Waals surface area contributed by atoms with Crippen molar-refractivity contribution in [2.45, 2.75) is 40.0 Å². The highest BCUT2D eigenvalue weighted by Crippen LogP contribution is 2.17. The number of phenols is 1. The van der Waals surface area contributed by atoms with Crippen molar-refractivity contribution >= 4 is 10.9 Å². The van der Waals surface area contributed by atoms with Gasteiger partial charge in [-0.25, -0.2) is 0 Å². The standard InChI is InChI=1S/C10H11N.C8H10O.C8H10/c1-2-8-7-11-10-6-4-3-5-9(8)10;1-2-7-3-5-8(9)6-4-7;1-2-8-6-4-3-5-7-8/h3-7,11H,2H2,1H3;3-6,9H,2H2,1H3;3-7H,2H2,1H3. The lowest BCUT2D eigenvalue weighted by Gasteiger charge is -1.93. The highest BCUT2D eigenvalue weighted by molar-refractivity contribution is 5.82. The Kier molecular flexibility index (Phi) is 8.87. The SMILES string of the molecule is CCc1c[nH]c2ccccc12.CCc1ccc(O)cc1.CCc1ccccc1. The van der Waals surface area contributed by atoms with E-state index in [0.29, 0.717) is 5.75 Å². The van der Waals surface area contributed by atoms with Crippen molar-refractivity contribution in [2.24, 2.45) is 0 Å². The summed E-state index contributed by atoms with van der Waals surface area (Å²) in [5.41, 5.74) is 5.31. The molecule has 0 unspecified atom stereocenters. The number of hydrogen-bond acceptors (Lipinski definition) is 1. The van der Waals surface area contributed by atoms with Crippen LogP contribution in [-0.4, -0.2) is 10.1 Å². The van der Waals surface area contributed by atoms with Crippen LogP contribution < -0.4 is 0 Å². The number of H-pyrrole nitrogens is 1. The molecular formula is C26H31NO. The van der Waals surface area contributed by atoms with Gasteiger partial charge in [0.1, 0.15) is 5.75 Å². The number of phenolic OH excluding ortho intramolecular Hbond substituents is 1. The van der Waals surface area contributed by atoms with Crippen LogP contribution in [0.3, 0.4) is 0 Å². The maximum Gasteiger partial charge on any atom is 0.115 e. The molecule has 2 nitrogen and oxygen atoms in total. The lowest BCUT2D eigenvalue weighted by molar-refractivity contribution is 0.475. The number of hydrogen-bond donors (Lipinski definition) is 2. The van der Waals surface area contributed by atoms with Gasteiger partial charge in [0.25, 0.3) is 0 Å². The minimum atomic E-state index is 0.340. The minimum absolute atomic E-state index is 0.340. The van der Waals surface area contributed by atoms with Crippen LogP contribution >= 0.6 is 0 Å². The van der Waals surface area contributed by atoms with E-state index in [1.807, 2.05) is 18.2 Å². The molecule has 2 heteroatoms. The summed E-state index contributed by atoms with van der Waals surface area (Å²) in [7, 11) is 0. The molecule has 0 aliphatic rings. The topological polar surface area (TPSA) is 36.0 Å². The fraction of sp³-hybridized carbons (Fsp3) is 0.231. The fourth-order valence-corrected chi connectivity index (χ4v) is 2.87. The van der Waals surface area contributed by atoms with Crippen molar-refractivity contribution in [3.63, 3.8) is 0 Å². The molecule has 4 aromatic rings. The van der Waals surface area contributed by atoms with Crippen molar-refractivity contribution in [3.8, 4) is 5.75 Å². The van der Waals surface area contributed by atoms with Crippen molar-refractivity contribution in [1.82, 2.24) is 4.98 Å². The van der Waals surface area contributed by atoms with Gasteiger partial charge in [-0.15, -0.1) is 0 Å². The van der Waals surface area contributed by atoms with E-state index in [2.05, 4.69) is 80.5 Å². The average molecular weight is 374 g/mol. The summed E-state index contributed by atoms with van der Waals surface area (Å²) >= 11 is 0. The van der Waals surface area contributed by atoms with Crippen molar-refractivity contribution in [1.29, 1.82) is 0 Å². The molecule has 0 spiro atoms. The van der Waals surface area contributed by atoms with Crippen LogP contribution in [0, 0.1) is 0 Å². The predicted molar refractivity (Wildman–Crippen MR) is 121 cm³/mol. The molecule has 0 bridgehead atoms. The fourth-order valence-electron chi connectivity index (χ4n) is 2.87. The van der Waals surface area contributed by atoms with Crippen molar-refractivity contribution in [3.05, 3.63) is 102 Å². The third-order valence-electron chi connectivity index (χ3n) is 4.65. The Hall–Kier alpha value is -3.00. The second kappa shape index (κ2) is 11.7. The third kappa shape index (κ3) is 6.62. The molecule has 0 aliphatic carbocycles. The molecule has 0 saturated heterocycles. The summed E-state index contributed by atoms with van der Waals surface area (Å²) in [6.45, 7) is 6.43. The first kappa shape index (κ1) is 21.3. The summed E-state index contributed by atoms with van der Waals surface area (Å²) in [6.07, 6.45) is 5.36. The number of nitrogens with one attached hydrogen (secondary N) is 1. The number of aromatic hydroxyl groups is 1. The zero-order chi connectivity index (χ0) is 20.2. The highest BCUT2D eigenvalue weighted by atomic mass is 16.3. The van der Waals surface area contributed by atoms with Gasteiger partial charge in [0, 0.05) is 17.1 Å². The van der Waals surface area contributed by atoms with Gasteiger partial charge >= 0.3 is 0 Å². The Bertz CT molecular complexity index is 923. The average Bonchev–Trinajstić information content (AvgIpc) is 3.19. The molecule has 0 amide bonds. The van der Waals surface area contributed by atoms with Crippen molar-refractivity contribution < 1.29 is 5.11 Å². The number of fused-ring (bicyclic) bond motifs is 1. The van der Waals surface area contributed by atoms with E-state index in [-0.39, 0.29) is 0 Å². The Morgan fingerprint density at radius 1 is 0.643 bits per heavy atom. The van der Waals surface area contributed by atoms with E-state index in [4.69, 9.17) is 5.11 Å². The third-order valence-corrected chi connectivity index (χ3v) is 4.65. The van der Waals surface area contributed by atoms with E-state index >= 15 is 0 Å². The lowest BCUT2D eigenvalue weighted by Crippen LogP contribution is -1.75. The molecular weight excluding hydrogens is 342 g/mol. The molecule has 0 atom stereocenters. The second-order valence-electron chi connectivity index (χ2n) is 6.57. The monoisotopic (exact) mass is 373 g/mol. The van der Waals surface area contributed by atoms with Crippen LogP contribution in [0.2, 0.25) is 0 Å². The summed E-state index contributed by atoms with van der Waals surface area (Å²) in [6, 6.07) is 26.1. The molecule has 0 aliphatic heterocycles. The maximum absolute atomic E-state index is 8.85. The Labute approximate surface area is 168 Å². The number of para-hydroxylation sites is 1. The first-order valence-corrected chi connectivity index (χ1v) is 10.0. The quantitative estimate of drug-likeness (QED) is 0.401. The number of aromatic nitrogens is 1. The van der Waals surface area contributed by atoms with Gasteiger partial charge in [-0.2, -0.15) is 0 Å². The normalized spacial score (nSPS) is 9.82. The van der Waals surface area contributed by atoms with E-state index in [9.17, 15) is 0 Å². The van der Waals surface area contributed by atoms with Gasteiger partial charge in [-0.05, 0) is 54.2 Å². The predicted octanol–water partition coefficient (Wildman–Crippen LogP) is 6.93. The summed E-state index contributed by atoms with van der Waals surface area (Å²) in [5, 5.41) is 10.2. The van der Waals surface area contributed by atoms with Crippen LogP contribution in [0.1, 0.15) is 37.5 Å². The molecule has 146 valence electrons. The molecule has 0 saturated carbocycles. The molecule has 2 N–H and O–H groups in total. The van der Waals surface area contributed by atoms with Crippen molar-refractivity contribution in [2.75, 3.05) is 0 Å². The zero-order valence-corrected chi connectivity index (χ0v) is 17.2. The molecule has 4 rings (SSSR count). The summed E-state index contributed by atoms with van der Waals surface area (Å²) in [4.78, 5) is 3.24. The van der Waals surface area contributed by atoms with Gasteiger partial charge in [-0.1, -0.05) is 81.4 Å². The molecule has 0 fully saturated rings. The summed E-state index contributed by atoms with van der Waals surface area (Å²) in [5.74, 6) is 0.340. The Balaban J connectivity index is 0.000000153. The van der Waals surface area contributed by atoms with E-state index < -0.39 is 0 Å². The van der Waals surface area contributed by atoms with Gasteiger partial charge in [0.05, 0.1) is 0 Å². The second-order valence-corrected chi connectivity index (χ2v) is 6.57. The Morgan fingerprint density at radius 2 is 1.21 bits per heavy atom. The minimum Gasteiger partial charge on any atom is -0.508 e. The summed E-state index contributed by atoms with van der Waals surface area (Å²) < 4.78 is 0. The molecule has 28 heavy (non-hydrogen) atoms. The number of rotatable bonds is 3. The first-order chi connectivity index (χ1) is 13.7. The van der Waals surface area contributed by atoms with Gasteiger partial charge in [-0.3, -0.25) is 0 Å². The van der Waals surface area contributed by atoms with Crippen LogP contribution in [0.25, 0.3) is 10.9 Å². The van der Waals surface area contributed by atoms with Gasteiger partial charge in [0.15, 0.2) is 0 Å². The van der Waals surface area contributed by atoms with Gasteiger partial charge < -0.3 is 10.1 Å². The van der Waals surface area contributed by atoms with Crippen LogP contribution in [0.15, 0.2) is 85.1 Å². The zero-order valence-electron chi connectivity index (χ0n) is 17.2. The van der Waals surface area contributed by atoms with Gasteiger partial charge in [0.2, 0.25) is 0 Å². The number of aromatic amines is 1. The molecule has 0 radical (unpaired) electrons. The molecule has 3 aromatic carbocycles.